The maximum absolute atomic E-state index is 13.3. The van der Waals surface area contributed by atoms with Crippen LogP contribution in [-0.2, 0) is 11.3 Å². The minimum Gasteiger partial charge on any atom is -0.322 e. The number of amides is 1. The molecule has 0 saturated carbocycles. The molecule has 1 unspecified atom stereocenters. The molecule has 1 aliphatic rings. The zero-order valence-electron chi connectivity index (χ0n) is 11.0. The Morgan fingerprint density at radius 3 is 2.52 bits per heavy atom. The number of aromatic nitrogens is 1. The highest BCUT2D eigenvalue weighted by Crippen LogP contribution is 2.39. The lowest BCUT2D eigenvalue weighted by Crippen LogP contribution is -2.27. The summed E-state index contributed by atoms with van der Waals surface area (Å²) in [5.74, 6) is -0.939. The van der Waals surface area contributed by atoms with Crippen LogP contribution in [0.5, 0.6) is 0 Å². The zero-order valence-corrected chi connectivity index (χ0v) is 11.8. The van der Waals surface area contributed by atoms with Crippen LogP contribution < -0.4 is 0 Å². The smallest absolute Gasteiger partial charge is 0.234 e. The fourth-order valence-electron chi connectivity index (χ4n) is 2.33. The van der Waals surface area contributed by atoms with Crippen LogP contribution in [0.1, 0.15) is 16.5 Å². The van der Waals surface area contributed by atoms with Crippen molar-refractivity contribution in [2.75, 3.05) is 5.75 Å². The van der Waals surface area contributed by atoms with E-state index >= 15 is 0 Å². The van der Waals surface area contributed by atoms with Gasteiger partial charge in [0, 0.05) is 25.0 Å². The van der Waals surface area contributed by atoms with Crippen LogP contribution in [-0.4, -0.2) is 21.5 Å². The topological polar surface area (TPSA) is 33.2 Å². The Balaban J connectivity index is 1.86. The number of hydrogen-bond donors (Lipinski definition) is 0. The van der Waals surface area contributed by atoms with E-state index in [1.54, 1.807) is 17.3 Å². The Kier molecular flexibility index (Phi) is 3.88. The first-order valence-corrected chi connectivity index (χ1v) is 7.44. The van der Waals surface area contributed by atoms with Gasteiger partial charge in [0.25, 0.3) is 0 Å². The molecule has 0 bridgehead atoms. The van der Waals surface area contributed by atoms with Gasteiger partial charge in [0.05, 0.1) is 5.75 Å². The summed E-state index contributed by atoms with van der Waals surface area (Å²) in [6.45, 7) is 0.188. The van der Waals surface area contributed by atoms with Gasteiger partial charge in [-0.05, 0) is 35.4 Å². The van der Waals surface area contributed by atoms with Crippen LogP contribution in [0.4, 0.5) is 8.78 Å². The number of hydrogen-bond acceptors (Lipinski definition) is 3. The number of rotatable bonds is 3. The van der Waals surface area contributed by atoms with Crippen molar-refractivity contribution in [3.63, 3.8) is 0 Å². The highest BCUT2D eigenvalue weighted by Gasteiger charge is 2.32. The maximum atomic E-state index is 13.3. The summed E-state index contributed by atoms with van der Waals surface area (Å²) >= 11 is 1.50. The largest absolute Gasteiger partial charge is 0.322 e. The van der Waals surface area contributed by atoms with E-state index in [1.807, 2.05) is 12.1 Å². The number of nitrogens with zero attached hydrogens (tertiary/aromatic N) is 2. The Hall–Kier alpha value is -1.95. The van der Waals surface area contributed by atoms with Gasteiger partial charge in [-0.15, -0.1) is 11.8 Å². The van der Waals surface area contributed by atoms with Gasteiger partial charge in [-0.3, -0.25) is 9.78 Å². The SMILES string of the molecule is O=C1CSC(c2ccncc2)N1Cc1cc(F)cc(F)c1. The summed E-state index contributed by atoms with van der Waals surface area (Å²) in [6, 6.07) is 7.02. The molecule has 2 aromatic rings. The molecular weight excluding hydrogens is 294 g/mol. The third kappa shape index (κ3) is 3.05. The molecule has 1 amide bonds. The zero-order chi connectivity index (χ0) is 14.8. The van der Waals surface area contributed by atoms with E-state index < -0.39 is 11.6 Å². The highest BCUT2D eigenvalue weighted by atomic mass is 32.2. The third-order valence-electron chi connectivity index (χ3n) is 3.23. The fourth-order valence-corrected chi connectivity index (χ4v) is 3.52. The van der Waals surface area contributed by atoms with Crippen molar-refractivity contribution in [3.05, 3.63) is 65.5 Å². The van der Waals surface area contributed by atoms with E-state index in [2.05, 4.69) is 4.98 Å². The summed E-state index contributed by atoms with van der Waals surface area (Å²) < 4.78 is 26.5. The van der Waals surface area contributed by atoms with Gasteiger partial charge in [-0.1, -0.05) is 0 Å². The van der Waals surface area contributed by atoms with Crippen molar-refractivity contribution in [3.8, 4) is 0 Å². The fraction of sp³-hybridized carbons (Fsp3) is 0.200. The molecule has 1 atom stereocenters. The molecule has 1 aliphatic heterocycles. The lowest BCUT2D eigenvalue weighted by Gasteiger charge is -2.24. The molecule has 1 saturated heterocycles. The summed E-state index contributed by atoms with van der Waals surface area (Å²) in [5, 5.41) is -0.146. The standard InChI is InChI=1S/C15H12F2N2OS/c16-12-5-10(6-13(17)7-12)8-19-14(20)9-21-15(19)11-1-3-18-4-2-11/h1-7,15H,8-9H2. The van der Waals surface area contributed by atoms with E-state index in [1.165, 1.54) is 23.9 Å². The van der Waals surface area contributed by atoms with Gasteiger partial charge in [-0.25, -0.2) is 8.78 Å². The van der Waals surface area contributed by atoms with Crippen LogP contribution in [0, 0.1) is 11.6 Å². The average Bonchev–Trinajstić information content (AvgIpc) is 2.80. The van der Waals surface area contributed by atoms with Crippen molar-refractivity contribution < 1.29 is 13.6 Å². The van der Waals surface area contributed by atoms with Gasteiger partial charge in [0.15, 0.2) is 0 Å². The van der Waals surface area contributed by atoms with Crippen molar-refractivity contribution in [1.82, 2.24) is 9.88 Å². The Bertz CT molecular complexity index is 646. The predicted molar refractivity (Wildman–Crippen MR) is 76.3 cm³/mol. The number of benzene rings is 1. The Morgan fingerprint density at radius 1 is 1.19 bits per heavy atom. The first-order valence-electron chi connectivity index (χ1n) is 6.39. The molecule has 0 aliphatic carbocycles. The molecule has 6 heteroatoms. The predicted octanol–water partition coefficient (Wildman–Crippen LogP) is 3.13. The second-order valence-corrected chi connectivity index (χ2v) is 5.81. The third-order valence-corrected chi connectivity index (χ3v) is 4.49. The molecule has 21 heavy (non-hydrogen) atoms. The number of carbonyl (C=O) groups is 1. The van der Waals surface area contributed by atoms with Crippen LogP contribution in [0.3, 0.4) is 0 Å². The second-order valence-electron chi connectivity index (χ2n) is 4.74. The summed E-state index contributed by atoms with van der Waals surface area (Å²) in [5.41, 5.74) is 1.40. The van der Waals surface area contributed by atoms with E-state index in [0.29, 0.717) is 11.3 Å². The van der Waals surface area contributed by atoms with E-state index in [0.717, 1.165) is 11.6 Å². The van der Waals surface area contributed by atoms with E-state index in [4.69, 9.17) is 0 Å². The average molecular weight is 306 g/mol. The van der Waals surface area contributed by atoms with Gasteiger partial charge in [0.1, 0.15) is 17.0 Å². The molecule has 1 fully saturated rings. The van der Waals surface area contributed by atoms with Crippen LogP contribution in [0.25, 0.3) is 0 Å². The van der Waals surface area contributed by atoms with Crippen LogP contribution >= 0.6 is 11.8 Å². The Morgan fingerprint density at radius 2 is 1.86 bits per heavy atom. The maximum Gasteiger partial charge on any atom is 0.234 e. The summed E-state index contributed by atoms with van der Waals surface area (Å²) in [4.78, 5) is 17.6. The number of pyridine rings is 1. The summed E-state index contributed by atoms with van der Waals surface area (Å²) in [6.07, 6.45) is 3.33. The lowest BCUT2D eigenvalue weighted by molar-refractivity contribution is -0.128. The highest BCUT2D eigenvalue weighted by molar-refractivity contribution is 8.00. The van der Waals surface area contributed by atoms with Gasteiger partial charge in [-0.2, -0.15) is 0 Å². The monoisotopic (exact) mass is 306 g/mol. The minimum absolute atomic E-state index is 0.0357. The van der Waals surface area contributed by atoms with Crippen LogP contribution in [0.15, 0.2) is 42.7 Å². The van der Waals surface area contributed by atoms with E-state index in [-0.39, 0.29) is 17.8 Å². The molecule has 3 nitrogen and oxygen atoms in total. The molecule has 0 N–H and O–H groups in total. The van der Waals surface area contributed by atoms with Crippen molar-refractivity contribution in [2.45, 2.75) is 11.9 Å². The molecule has 3 rings (SSSR count). The molecule has 1 aromatic heterocycles. The second kappa shape index (κ2) is 5.81. The molecule has 1 aromatic carbocycles. The normalized spacial score (nSPS) is 18.3. The summed E-state index contributed by atoms with van der Waals surface area (Å²) in [7, 11) is 0. The van der Waals surface area contributed by atoms with Crippen molar-refractivity contribution in [1.29, 1.82) is 0 Å². The van der Waals surface area contributed by atoms with Crippen LogP contribution in [0.2, 0.25) is 0 Å². The van der Waals surface area contributed by atoms with Crippen molar-refractivity contribution in [2.24, 2.45) is 0 Å². The van der Waals surface area contributed by atoms with E-state index in [9.17, 15) is 13.6 Å². The number of carbonyl (C=O) groups excluding carboxylic acids is 1. The number of thioether (sulfide) groups is 1. The Labute approximate surface area is 125 Å². The number of halogens is 2. The lowest BCUT2D eigenvalue weighted by atomic mass is 10.1. The molecule has 108 valence electrons. The molecule has 0 spiro atoms. The first kappa shape index (κ1) is 14.0. The van der Waals surface area contributed by atoms with Gasteiger partial charge in [0.2, 0.25) is 5.91 Å². The molecule has 0 radical (unpaired) electrons. The molecular formula is C15H12F2N2OS. The van der Waals surface area contributed by atoms with Gasteiger partial charge < -0.3 is 4.90 Å². The minimum atomic E-state index is -0.634. The van der Waals surface area contributed by atoms with Gasteiger partial charge >= 0.3 is 0 Å². The van der Waals surface area contributed by atoms with Crippen molar-refractivity contribution >= 4 is 17.7 Å². The first-order chi connectivity index (χ1) is 10.1. The quantitative estimate of drug-likeness (QED) is 0.873. The molecule has 2 heterocycles.